The lowest BCUT2D eigenvalue weighted by molar-refractivity contribution is 0.167. The van der Waals surface area contributed by atoms with Crippen molar-refractivity contribution in [1.82, 2.24) is 0 Å². The Kier molecular flexibility index (Phi) is 4.02. The molecule has 17 heavy (non-hydrogen) atoms. The van der Waals surface area contributed by atoms with E-state index < -0.39 is 0 Å². The maximum absolute atomic E-state index is 7.38. The molecule has 1 heterocycles. The maximum atomic E-state index is 7.38. The fourth-order valence-corrected chi connectivity index (χ4v) is 2.30. The molecule has 92 valence electrons. The number of ether oxygens (including phenoxy) is 2. The summed E-state index contributed by atoms with van der Waals surface area (Å²) < 4.78 is 11.8. The molecule has 0 amide bonds. The van der Waals surface area contributed by atoms with E-state index in [9.17, 15) is 0 Å². The summed E-state index contributed by atoms with van der Waals surface area (Å²) in [5.41, 5.74) is 6.12. The number of rotatable bonds is 4. The molecule has 1 aliphatic heterocycles. The average molecular weight is 299 g/mol. The average Bonchev–Trinajstić information content (AvgIpc) is 2.78. The Balaban J connectivity index is 1.97. The van der Waals surface area contributed by atoms with Crippen molar-refractivity contribution in [2.45, 2.75) is 6.42 Å². The zero-order valence-electron chi connectivity index (χ0n) is 9.41. The lowest BCUT2D eigenvalue weighted by Gasteiger charge is -2.11. The molecule has 1 atom stereocenters. The van der Waals surface area contributed by atoms with Crippen LogP contribution in [0.15, 0.2) is 22.7 Å². The summed E-state index contributed by atoms with van der Waals surface area (Å²) in [5.74, 6) is 1.32. The monoisotopic (exact) mass is 298 g/mol. The van der Waals surface area contributed by atoms with Gasteiger partial charge in [0, 0.05) is 22.6 Å². The number of hydrogen-bond acceptors (Lipinski definition) is 3. The van der Waals surface area contributed by atoms with Crippen molar-refractivity contribution in [3.63, 3.8) is 0 Å². The molecular formula is C12H15BrN2O2. The molecule has 0 spiro atoms. The van der Waals surface area contributed by atoms with Gasteiger partial charge in [-0.15, -0.1) is 0 Å². The SMILES string of the molecule is N=C(N)c1ccc(OCC2CCOC2)cc1Br. The van der Waals surface area contributed by atoms with Crippen LogP contribution in [-0.4, -0.2) is 25.7 Å². The van der Waals surface area contributed by atoms with Crippen molar-refractivity contribution in [3.8, 4) is 5.75 Å². The summed E-state index contributed by atoms with van der Waals surface area (Å²) in [7, 11) is 0. The summed E-state index contributed by atoms with van der Waals surface area (Å²) >= 11 is 3.38. The van der Waals surface area contributed by atoms with Gasteiger partial charge in [0.2, 0.25) is 0 Å². The third-order valence-corrected chi connectivity index (χ3v) is 3.40. The van der Waals surface area contributed by atoms with Gasteiger partial charge < -0.3 is 15.2 Å². The molecule has 2 rings (SSSR count). The molecule has 0 bridgehead atoms. The summed E-state index contributed by atoms with van der Waals surface area (Å²) in [6, 6.07) is 5.46. The second kappa shape index (κ2) is 5.51. The normalized spacial score (nSPS) is 19.2. The number of benzene rings is 1. The minimum Gasteiger partial charge on any atom is -0.493 e. The predicted octanol–water partition coefficient (Wildman–Crippen LogP) is 2.15. The second-order valence-electron chi connectivity index (χ2n) is 4.10. The molecule has 5 heteroatoms. The fourth-order valence-electron chi connectivity index (χ4n) is 1.73. The van der Waals surface area contributed by atoms with Gasteiger partial charge in [0.25, 0.3) is 0 Å². The van der Waals surface area contributed by atoms with Crippen LogP contribution in [0.25, 0.3) is 0 Å². The minimum atomic E-state index is 0.0487. The van der Waals surface area contributed by atoms with Crippen molar-refractivity contribution < 1.29 is 9.47 Å². The lowest BCUT2D eigenvalue weighted by atomic mass is 10.1. The zero-order chi connectivity index (χ0) is 12.3. The molecule has 1 aromatic carbocycles. The maximum Gasteiger partial charge on any atom is 0.123 e. The Morgan fingerprint density at radius 3 is 3.00 bits per heavy atom. The van der Waals surface area contributed by atoms with Gasteiger partial charge in [-0.2, -0.15) is 0 Å². The van der Waals surface area contributed by atoms with Gasteiger partial charge in [0.15, 0.2) is 0 Å². The van der Waals surface area contributed by atoms with Gasteiger partial charge in [-0.1, -0.05) is 0 Å². The Bertz CT molecular complexity index is 417. The predicted molar refractivity (Wildman–Crippen MR) is 69.6 cm³/mol. The first-order chi connectivity index (χ1) is 8.16. The highest BCUT2D eigenvalue weighted by Gasteiger charge is 2.16. The number of hydrogen-bond donors (Lipinski definition) is 2. The fraction of sp³-hybridized carbons (Fsp3) is 0.417. The van der Waals surface area contributed by atoms with Crippen LogP contribution in [0.4, 0.5) is 0 Å². The van der Waals surface area contributed by atoms with Crippen molar-refractivity contribution in [2.75, 3.05) is 19.8 Å². The second-order valence-corrected chi connectivity index (χ2v) is 4.95. The van der Waals surface area contributed by atoms with Crippen molar-refractivity contribution >= 4 is 21.8 Å². The lowest BCUT2D eigenvalue weighted by Crippen LogP contribution is -2.13. The number of nitrogen functional groups attached to an aromatic ring is 1. The molecule has 0 aromatic heterocycles. The highest BCUT2D eigenvalue weighted by Crippen LogP contribution is 2.24. The van der Waals surface area contributed by atoms with Crippen LogP contribution in [0, 0.1) is 11.3 Å². The van der Waals surface area contributed by atoms with E-state index in [1.54, 1.807) is 6.07 Å². The van der Waals surface area contributed by atoms with E-state index in [1.165, 1.54) is 0 Å². The van der Waals surface area contributed by atoms with Crippen LogP contribution in [0.1, 0.15) is 12.0 Å². The molecule has 1 unspecified atom stereocenters. The smallest absolute Gasteiger partial charge is 0.123 e. The third kappa shape index (κ3) is 3.20. The molecule has 1 aromatic rings. The van der Waals surface area contributed by atoms with Crippen molar-refractivity contribution in [2.24, 2.45) is 11.7 Å². The van der Waals surface area contributed by atoms with Crippen LogP contribution >= 0.6 is 15.9 Å². The van der Waals surface area contributed by atoms with E-state index in [0.29, 0.717) is 18.1 Å². The van der Waals surface area contributed by atoms with Crippen molar-refractivity contribution in [3.05, 3.63) is 28.2 Å². The van der Waals surface area contributed by atoms with Gasteiger partial charge >= 0.3 is 0 Å². The van der Waals surface area contributed by atoms with Gasteiger partial charge in [-0.25, -0.2) is 0 Å². The van der Waals surface area contributed by atoms with Crippen LogP contribution in [0.2, 0.25) is 0 Å². The van der Waals surface area contributed by atoms with Crippen LogP contribution < -0.4 is 10.5 Å². The topological polar surface area (TPSA) is 68.3 Å². The Morgan fingerprint density at radius 1 is 1.59 bits per heavy atom. The first-order valence-corrected chi connectivity index (χ1v) is 6.30. The van der Waals surface area contributed by atoms with Gasteiger partial charge in [-0.05, 0) is 40.5 Å². The first-order valence-electron chi connectivity index (χ1n) is 5.51. The van der Waals surface area contributed by atoms with E-state index in [0.717, 1.165) is 29.9 Å². The van der Waals surface area contributed by atoms with Crippen LogP contribution in [-0.2, 0) is 4.74 Å². The Hall–Kier alpha value is -1.07. The summed E-state index contributed by atoms with van der Waals surface area (Å²) in [5, 5.41) is 7.38. The van der Waals surface area contributed by atoms with Crippen LogP contribution in [0.5, 0.6) is 5.75 Å². The van der Waals surface area contributed by atoms with Gasteiger partial charge in [0.1, 0.15) is 11.6 Å². The Labute approximate surface area is 109 Å². The zero-order valence-corrected chi connectivity index (χ0v) is 11.0. The minimum absolute atomic E-state index is 0.0487. The molecule has 1 saturated heterocycles. The third-order valence-electron chi connectivity index (χ3n) is 2.74. The van der Waals surface area contributed by atoms with Crippen LogP contribution in [0.3, 0.4) is 0 Å². The standard InChI is InChI=1S/C12H15BrN2O2/c13-11-5-9(1-2-10(11)12(14)15)17-7-8-3-4-16-6-8/h1-2,5,8H,3-4,6-7H2,(H3,14,15). The summed E-state index contributed by atoms with van der Waals surface area (Å²) in [4.78, 5) is 0. The number of nitrogens with one attached hydrogen (secondary N) is 1. The molecule has 0 aliphatic carbocycles. The van der Waals surface area contributed by atoms with E-state index in [4.69, 9.17) is 20.6 Å². The first kappa shape index (κ1) is 12.4. The molecule has 1 aliphatic rings. The van der Waals surface area contributed by atoms with E-state index in [-0.39, 0.29) is 5.84 Å². The number of amidine groups is 1. The van der Waals surface area contributed by atoms with Gasteiger partial charge in [0.05, 0.1) is 13.2 Å². The Morgan fingerprint density at radius 2 is 2.41 bits per heavy atom. The summed E-state index contributed by atoms with van der Waals surface area (Å²) in [6.45, 7) is 2.29. The number of halogens is 1. The molecular weight excluding hydrogens is 284 g/mol. The highest BCUT2D eigenvalue weighted by molar-refractivity contribution is 9.10. The molecule has 1 fully saturated rings. The molecule has 3 N–H and O–H groups in total. The van der Waals surface area contributed by atoms with Gasteiger partial charge in [-0.3, -0.25) is 5.41 Å². The molecule has 4 nitrogen and oxygen atoms in total. The van der Waals surface area contributed by atoms with E-state index >= 15 is 0 Å². The number of nitrogens with two attached hydrogens (primary N) is 1. The molecule has 0 saturated carbocycles. The van der Waals surface area contributed by atoms with E-state index in [1.807, 2.05) is 12.1 Å². The molecule has 0 radical (unpaired) electrons. The largest absolute Gasteiger partial charge is 0.493 e. The summed E-state index contributed by atoms with van der Waals surface area (Å²) in [6.07, 6.45) is 1.06. The highest BCUT2D eigenvalue weighted by atomic mass is 79.9. The van der Waals surface area contributed by atoms with E-state index in [2.05, 4.69) is 15.9 Å². The quantitative estimate of drug-likeness (QED) is 0.661. The van der Waals surface area contributed by atoms with Crippen molar-refractivity contribution in [1.29, 1.82) is 5.41 Å².